The van der Waals surface area contributed by atoms with E-state index in [1.807, 2.05) is 43.1 Å². The fourth-order valence-corrected chi connectivity index (χ4v) is 3.14. The molecule has 2 rings (SSSR count). The van der Waals surface area contributed by atoms with Gasteiger partial charge in [0.05, 0.1) is 12.6 Å². The molecular weight excluding hydrogens is 284 g/mol. The highest BCUT2D eigenvalue weighted by atomic mass is 32.2. The van der Waals surface area contributed by atoms with Gasteiger partial charge in [-0.05, 0) is 30.7 Å². The van der Waals surface area contributed by atoms with Crippen molar-refractivity contribution in [1.29, 1.82) is 0 Å². The standard InChI is InChI=1S/C16H24N2O2S/c1-16(2,3)21-14-7-5-12(6-8-14)17-15(19)18(4)13-9-10-20-11-13/h5-8,13H,9-11H2,1-4H3,(H,17,19)/t13-/m0/s1. The lowest BCUT2D eigenvalue weighted by atomic mass is 10.2. The number of hydrogen-bond donors (Lipinski definition) is 1. The largest absolute Gasteiger partial charge is 0.379 e. The van der Waals surface area contributed by atoms with Crippen molar-refractivity contribution in [3.05, 3.63) is 24.3 Å². The van der Waals surface area contributed by atoms with E-state index in [4.69, 9.17) is 4.74 Å². The molecule has 1 aromatic rings. The zero-order valence-electron chi connectivity index (χ0n) is 13.2. The van der Waals surface area contributed by atoms with Crippen molar-refractivity contribution >= 4 is 23.5 Å². The number of benzene rings is 1. The Labute approximate surface area is 131 Å². The predicted molar refractivity (Wildman–Crippen MR) is 88.1 cm³/mol. The van der Waals surface area contributed by atoms with E-state index in [2.05, 4.69) is 26.1 Å². The van der Waals surface area contributed by atoms with Gasteiger partial charge in [-0.3, -0.25) is 0 Å². The summed E-state index contributed by atoms with van der Waals surface area (Å²) in [4.78, 5) is 15.1. The van der Waals surface area contributed by atoms with Gasteiger partial charge in [-0.25, -0.2) is 4.79 Å². The maximum atomic E-state index is 12.2. The number of nitrogens with one attached hydrogen (secondary N) is 1. The Hall–Kier alpha value is -1.20. The summed E-state index contributed by atoms with van der Waals surface area (Å²) >= 11 is 1.82. The monoisotopic (exact) mass is 308 g/mol. The molecule has 0 aliphatic carbocycles. The topological polar surface area (TPSA) is 41.6 Å². The fourth-order valence-electron chi connectivity index (χ4n) is 2.16. The van der Waals surface area contributed by atoms with Crippen LogP contribution in [0.4, 0.5) is 10.5 Å². The first-order chi connectivity index (χ1) is 9.85. The van der Waals surface area contributed by atoms with Gasteiger partial charge in [-0.1, -0.05) is 20.8 Å². The molecule has 0 unspecified atom stereocenters. The molecule has 1 atom stereocenters. The van der Waals surface area contributed by atoms with E-state index in [1.165, 1.54) is 4.90 Å². The molecule has 0 saturated carbocycles. The quantitative estimate of drug-likeness (QED) is 0.863. The van der Waals surface area contributed by atoms with E-state index < -0.39 is 0 Å². The van der Waals surface area contributed by atoms with Crippen LogP contribution in [-0.2, 0) is 4.74 Å². The van der Waals surface area contributed by atoms with Crippen LogP contribution in [0.15, 0.2) is 29.2 Å². The minimum absolute atomic E-state index is 0.0817. The van der Waals surface area contributed by atoms with Crippen LogP contribution in [0.1, 0.15) is 27.2 Å². The van der Waals surface area contributed by atoms with Crippen LogP contribution in [0, 0.1) is 0 Å². The van der Waals surface area contributed by atoms with Crippen LogP contribution in [0.3, 0.4) is 0 Å². The fraction of sp³-hybridized carbons (Fsp3) is 0.562. The van der Waals surface area contributed by atoms with Gasteiger partial charge in [-0.15, -0.1) is 11.8 Å². The van der Waals surface area contributed by atoms with Gasteiger partial charge in [0.25, 0.3) is 0 Å². The average molecular weight is 308 g/mol. The van der Waals surface area contributed by atoms with Crippen LogP contribution in [0.5, 0.6) is 0 Å². The molecule has 2 amide bonds. The Morgan fingerprint density at radius 2 is 2.00 bits per heavy atom. The summed E-state index contributed by atoms with van der Waals surface area (Å²) in [5.74, 6) is 0. The zero-order chi connectivity index (χ0) is 15.5. The van der Waals surface area contributed by atoms with Gasteiger partial charge in [-0.2, -0.15) is 0 Å². The molecule has 1 N–H and O–H groups in total. The van der Waals surface area contributed by atoms with Gasteiger partial charge >= 0.3 is 6.03 Å². The van der Waals surface area contributed by atoms with E-state index in [0.29, 0.717) is 6.61 Å². The molecule has 1 saturated heterocycles. The third kappa shape index (κ3) is 4.93. The first kappa shape index (κ1) is 16.2. The Bertz CT molecular complexity index is 476. The van der Waals surface area contributed by atoms with E-state index in [0.717, 1.165) is 18.7 Å². The van der Waals surface area contributed by atoms with Gasteiger partial charge in [0, 0.05) is 29.0 Å². The van der Waals surface area contributed by atoms with Crippen molar-refractivity contribution in [2.24, 2.45) is 0 Å². The molecule has 4 nitrogen and oxygen atoms in total. The van der Waals surface area contributed by atoms with Crippen LogP contribution < -0.4 is 5.32 Å². The number of anilines is 1. The Kier molecular flexibility index (Phi) is 5.17. The Balaban J connectivity index is 1.92. The molecule has 1 aromatic carbocycles. The number of amides is 2. The van der Waals surface area contributed by atoms with Crippen molar-refractivity contribution in [2.75, 3.05) is 25.6 Å². The highest BCUT2D eigenvalue weighted by molar-refractivity contribution is 8.00. The average Bonchev–Trinajstić information content (AvgIpc) is 2.92. The summed E-state index contributed by atoms with van der Waals surface area (Å²) in [7, 11) is 1.82. The van der Waals surface area contributed by atoms with Crippen molar-refractivity contribution in [1.82, 2.24) is 4.90 Å². The van der Waals surface area contributed by atoms with Gasteiger partial charge in [0.15, 0.2) is 0 Å². The molecule has 0 radical (unpaired) electrons. The number of carbonyl (C=O) groups is 1. The number of carbonyl (C=O) groups excluding carboxylic acids is 1. The highest BCUT2D eigenvalue weighted by Gasteiger charge is 2.24. The van der Waals surface area contributed by atoms with Crippen LogP contribution in [0.2, 0.25) is 0 Å². The molecule has 0 spiro atoms. The maximum absolute atomic E-state index is 12.2. The first-order valence-electron chi connectivity index (χ1n) is 7.26. The maximum Gasteiger partial charge on any atom is 0.321 e. The van der Waals surface area contributed by atoms with E-state index in [9.17, 15) is 4.79 Å². The lowest BCUT2D eigenvalue weighted by Crippen LogP contribution is -2.40. The minimum atomic E-state index is -0.0817. The molecule has 1 aliphatic heterocycles. The van der Waals surface area contributed by atoms with Crippen molar-refractivity contribution < 1.29 is 9.53 Å². The second kappa shape index (κ2) is 6.71. The van der Waals surface area contributed by atoms with Gasteiger partial charge in [0.1, 0.15) is 0 Å². The molecule has 0 aromatic heterocycles. The molecule has 1 fully saturated rings. The molecular formula is C16H24N2O2S. The normalized spacial score (nSPS) is 18.6. The summed E-state index contributed by atoms with van der Waals surface area (Å²) in [6, 6.07) is 8.09. The van der Waals surface area contributed by atoms with Crippen molar-refractivity contribution in [2.45, 2.75) is 42.9 Å². The summed E-state index contributed by atoms with van der Waals surface area (Å²) in [6.45, 7) is 7.93. The SMILES string of the molecule is CN(C(=O)Nc1ccc(SC(C)(C)C)cc1)[C@H]1CCOC1. The summed E-state index contributed by atoms with van der Waals surface area (Å²) in [5.41, 5.74) is 0.823. The number of likely N-dealkylation sites (N-methyl/N-ethyl adjacent to an activating group) is 1. The number of rotatable bonds is 3. The number of hydrogen-bond acceptors (Lipinski definition) is 3. The van der Waals surface area contributed by atoms with Crippen molar-refractivity contribution in [3.63, 3.8) is 0 Å². The number of thioether (sulfide) groups is 1. The van der Waals surface area contributed by atoms with Crippen LogP contribution in [-0.4, -0.2) is 42.0 Å². The Morgan fingerprint density at radius 3 is 2.52 bits per heavy atom. The second-order valence-electron chi connectivity index (χ2n) is 6.30. The smallest absolute Gasteiger partial charge is 0.321 e. The molecule has 0 bridgehead atoms. The van der Waals surface area contributed by atoms with Crippen LogP contribution in [0.25, 0.3) is 0 Å². The van der Waals surface area contributed by atoms with E-state index in [1.54, 1.807) is 4.90 Å². The molecule has 1 heterocycles. The van der Waals surface area contributed by atoms with Gasteiger partial charge in [0.2, 0.25) is 0 Å². The number of urea groups is 1. The van der Waals surface area contributed by atoms with Crippen molar-refractivity contribution in [3.8, 4) is 0 Å². The summed E-state index contributed by atoms with van der Waals surface area (Å²) in [5, 5.41) is 2.93. The lowest BCUT2D eigenvalue weighted by molar-refractivity contribution is 0.164. The second-order valence-corrected chi connectivity index (χ2v) is 8.20. The number of ether oxygens (including phenoxy) is 1. The summed E-state index contributed by atoms with van der Waals surface area (Å²) in [6.07, 6.45) is 0.908. The molecule has 1 aliphatic rings. The minimum Gasteiger partial charge on any atom is -0.379 e. The zero-order valence-corrected chi connectivity index (χ0v) is 14.0. The number of nitrogens with zero attached hydrogens (tertiary/aromatic N) is 1. The Morgan fingerprint density at radius 1 is 1.33 bits per heavy atom. The molecule has 21 heavy (non-hydrogen) atoms. The van der Waals surface area contributed by atoms with E-state index in [-0.39, 0.29) is 16.8 Å². The molecule has 5 heteroatoms. The molecule has 116 valence electrons. The predicted octanol–water partition coefficient (Wildman–Crippen LogP) is 3.83. The van der Waals surface area contributed by atoms with Gasteiger partial charge < -0.3 is 15.0 Å². The van der Waals surface area contributed by atoms with E-state index >= 15 is 0 Å². The first-order valence-corrected chi connectivity index (χ1v) is 8.07. The third-order valence-corrected chi connectivity index (χ3v) is 4.42. The summed E-state index contributed by atoms with van der Waals surface area (Å²) < 4.78 is 5.50. The van der Waals surface area contributed by atoms with Crippen LogP contribution >= 0.6 is 11.8 Å². The highest BCUT2D eigenvalue weighted by Crippen LogP contribution is 2.32. The third-order valence-electron chi connectivity index (χ3n) is 3.30. The lowest BCUT2D eigenvalue weighted by Gasteiger charge is -2.23.